The van der Waals surface area contributed by atoms with Crippen LogP contribution in [0.25, 0.3) is 0 Å². The normalized spacial score (nSPS) is 25.4. The van der Waals surface area contributed by atoms with E-state index in [9.17, 15) is 51.1 Å². The zero-order chi connectivity index (χ0) is 47.9. The minimum atomic E-state index is -4.91. The standard InChI is InChI=1S/C44H63Cl2F4N7O7/c1-8-19-56(38(61)26(4)52-36(59)34-23-29(47)24-57(34)41(64)43(44(48,49)50)16-10-11-17-43)32-13-9-12-18-51-40(63)42(5,6)54-37(60)33(22-27-21-28(45)14-15-30(27)46)55(7)39(62)31(20-25(2)3)53-35(32)58/h14-15,21,25-26,29,31-34H,8-13,16-20,22-24H2,1-7H3,(H,51,63)(H,52,59)(H,53,58)(H,54,60)/t26-,29+,31-,32-,33-,34-/m0/s1. The minimum absolute atomic E-state index is 0.00207. The Morgan fingerprint density at radius 2 is 1.66 bits per heavy atom. The van der Waals surface area contributed by atoms with Crippen LogP contribution >= 0.6 is 23.2 Å². The summed E-state index contributed by atoms with van der Waals surface area (Å²) in [5.74, 6) is -5.80. The van der Waals surface area contributed by atoms with Crippen molar-refractivity contribution in [1.82, 2.24) is 36.0 Å². The Morgan fingerprint density at radius 1 is 1.00 bits per heavy atom. The molecule has 1 aromatic rings. The first-order chi connectivity index (χ1) is 29.8. The quantitative estimate of drug-likeness (QED) is 0.219. The van der Waals surface area contributed by atoms with Crippen LogP contribution in [0.5, 0.6) is 0 Å². The van der Waals surface area contributed by atoms with E-state index in [4.69, 9.17) is 23.2 Å². The predicted octanol–water partition coefficient (Wildman–Crippen LogP) is 5.26. The molecule has 20 heteroatoms. The highest BCUT2D eigenvalue weighted by molar-refractivity contribution is 6.33. The summed E-state index contributed by atoms with van der Waals surface area (Å²) in [6.45, 7) is 9.24. The van der Waals surface area contributed by atoms with Crippen LogP contribution in [0.2, 0.25) is 10.0 Å². The maximum atomic E-state index is 14.9. The Labute approximate surface area is 382 Å². The van der Waals surface area contributed by atoms with Crippen LogP contribution in [-0.2, 0) is 40.0 Å². The number of benzene rings is 1. The summed E-state index contributed by atoms with van der Waals surface area (Å²) in [5, 5.41) is 11.5. The van der Waals surface area contributed by atoms with Gasteiger partial charge in [0.1, 0.15) is 47.3 Å². The molecule has 358 valence electrons. The van der Waals surface area contributed by atoms with Gasteiger partial charge in [0.05, 0.1) is 6.54 Å². The molecule has 0 aromatic heterocycles. The summed E-state index contributed by atoms with van der Waals surface area (Å²) >= 11 is 12.8. The molecule has 3 fully saturated rings. The van der Waals surface area contributed by atoms with Gasteiger partial charge in [0.15, 0.2) is 0 Å². The lowest BCUT2D eigenvalue weighted by atomic mass is 9.83. The molecule has 0 radical (unpaired) electrons. The van der Waals surface area contributed by atoms with Gasteiger partial charge in [-0.15, -0.1) is 0 Å². The van der Waals surface area contributed by atoms with Crippen LogP contribution in [0.4, 0.5) is 17.6 Å². The van der Waals surface area contributed by atoms with Crippen LogP contribution in [0.3, 0.4) is 0 Å². The van der Waals surface area contributed by atoms with Gasteiger partial charge in [-0.05, 0) is 95.4 Å². The number of nitrogens with one attached hydrogen (secondary N) is 4. The third-order valence-electron chi connectivity index (χ3n) is 12.4. The molecular formula is C44H63Cl2F4N7O7. The maximum absolute atomic E-state index is 14.9. The predicted molar refractivity (Wildman–Crippen MR) is 233 cm³/mol. The van der Waals surface area contributed by atoms with Gasteiger partial charge >= 0.3 is 6.18 Å². The molecule has 1 aromatic carbocycles. The van der Waals surface area contributed by atoms with E-state index in [1.165, 1.54) is 37.6 Å². The number of carbonyl (C=O) groups is 7. The third-order valence-corrected chi connectivity index (χ3v) is 13.0. The van der Waals surface area contributed by atoms with Gasteiger partial charge in [0.2, 0.25) is 41.4 Å². The lowest BCUT2D eigenvalue weighted by molar-refractivity contribution is -0.226. The van der Waals surface area contributed by atoms with Crippen LogP contribution < -0.4 is 21.3 Å². The highest BCUT2D eigenvalue weighted by Gasteiger charge is 2.63. The molecule has 0 spiro atoms. The number of nitrogens with zero attached hydrogens (tertiary/aromatic N) is 3. The van der Waals surface area contributed by atoms with Crippen LogP contribution in [0, 0.1) is 11.3 Å². The van der Waals surface area contributed by atoms with E-state index in [1.807, 2.05) is 13.8 Å². The summed E-state index contributed by atoms with van der Waals surface area (Å²) in [6, 6.07) is -1.98. The van der Waals surface area contributed by atoms with Crippen molar-refractivity contribution >= 4 is 64.6 Å². The first kappa shape index (κ1) is 52.4. The van der Waals surface area contributed by atoms with Gasteiger partial charge in [-0.25, -0.2) is 4.39 Å². The van der Waals surface area contributed by atoms with E-state index in [-0.39, 0.29) is 56.1 Å². The van der Waals surface area contributed by atoms with E-state index in [0.717, 1.165) is 0 Å². The minimum Gasteiger partial charge on any atom is -0.354 e. The van der Waals surface area contributed by atoms with Crippen molar-refractivity contribution in [3.05, 3.63) is 33.8 Å². The molecule has 64 heavy (non-hydrogen) atoms. The molecule has 2 heterocycles. The molecule has 1 saturated carbocycles. The second-order valence-electron chi connectivity index (χ2n) is 18.3. The molecule has 14 nitrogen and oxygen atoms in total. The second-order valence-corrected chi connectivity index (χ2v) is 19.2. The van der Waals surface area contributed by atoms with Crippen molar-refractivity contribution in [2.45, 2.75) is 160 Å². The number of rotatable bonds is 11. The Bertz CT molecular complexity index is 1900. The summed E-state index contributed by atoms with van der Waals surface area (Å²) < 4.78 is 58.0. The average Bonchev–Trinajstić information content (AvgIpc) is 3.88. The fourth-order valence-electron chi connectivity index (χ4n) is 8.85. The van der Waals surface area contributed by atoms with E-state index < -0.39 is 121 Å². The molecule has 0 unspecified atom stereocenters. The summed E-state index contributed by atoms with van der Waals surface area (Å²) in [4.78, 5) is 101. The van der Waals surface area contributed by atoms with Crippen molar-refractivity contribution in [2.75, 3.05) is 26.7 Å². The van der Waals surface area contributed by atoms with Gasteiger partial charge in [0, 0.05) is 43.0 Å². The largest absolute Gasteiger partial charge is 0.403 e. The second kappa shape index (κ2) is 21.9. The lowest BCUT2D eigenvalue weighted by Gasteiger charge is -2.37. The molecule has 2 aliphatic heterocycles. The van der Waals surface area contributed by atoms with Crippen LogP contribution in [-0.4, -0.2) is 131 Å². The molecule has 3 aliphatic rings. The number of halogens is 6. The molecular weight excluding hydrogens is 885 g/mol. The fraction of sp³-hybridized carbons (Fsp3) is 0.705. The van der Waals surface area contributed by atoms with Gasteiger partial charge in [0.25, 0.3) is 0 Å². The van der Waals surface area contributed by atoms with E-state index in [0.29, 0.717) is 34.7 Å². The zero-order valence-corrected chi connectivity index (χ0v) is 39.2. The number of hydrogen-bond donors (Lipinski definition) is 4. The molecule has 0 bridgehead atoms. The number of alkyl halides is 4. The van der Waals surface area contributed by atoms with Gasteiger partial charge in [-0.3, -0.25) is 33.6 Å². The van der Waals surface area contributed by atoms with Crippen molar-refractivity contribution in [3.8, 4) is 0 Å². The Morgan fingerprint density at radius 3 is 2.27 bits per heavy atom. The molecule has 2 saturated heterocycles. The van der Waals surface area contributed by atoms with Gasteiger partial charge in [-0.1, -0.05) is 56.8 Å². The molecule has 4 N–H and O–H groups in total. The Kier molecular flexibility index (Phi) is 17.9. The van der Waals surface area contributed by atoms with Gasteiger partial charge < -0.3 is 36.0 Å². The number of amides is 7. The maximum Gasteiger partial charge on any atom is 0.403 e. The highest BCUT2D eigenvalue weighted by atomic mass is 35.5. The summed E-state index contributed by atoms with van der Waals surface area (Å²) in [6.07, 6.45) is -6.85. The van der Waals surface area contributed by atoms with Crippen molar-refractivity contribution in [3.63, 3.8) is 0 Å². The molecule has 7 amide bonds. The van der Waals surface area contributed by atoms with Crippen molar-refractivity contribution < 1.29 is 51.1 Å². The Hall–Kier alpha value is -4.19. The van der Waals surface area contributed by atoms with E-state index in [2.05, 4.69) is 21.3 Å². The number of carbonyl (C=O) groups excluding carboxylic acids is 7. The third kappa shape index (κ3) is 12.4. The average molecular weight is 949 g/mol. The van der Waals surface area contributed by atoms with E-state index >= 15 is 0 Å². The Balaban J connectivity index is 1.66. The molecule has 4 rings (SSSR count). The monoisotopic (exact) mass is 947 g/mol. The highest BCUT2D eigenvalue weighted by Crippen LogP contribution is 2.52. The first-order valence-electron chi connectivity index (χ1n) is 22.1. The first-order valence-corrected chi connectivity index (χ1v) is 22.8. The summed E-state index contributed by atoms with van der Waals surface area (Å²) in [5.41, 5.74) is -3.72. The topological polar surface area (TPSA) is 177 Å². The number of hydrogen-bond acceptors (Lipinski definition) is 7. The van der Waals surface area contributed by atoms with E-state index in [1.54, 1.807) is 25.1 Å². The lowest BCUT2D eigenvalue weighted by Crippen LogP contribution is -2.62. The van der Waals surface area contributed by atoms with Crippen LogP contribution in [0.1, 0.15) is 111 Å². The molecule has 1 aliphatic carbocycles. The zero-order valence-electron chi connectivity index (χ0n) is 37.6. The summed E-state index contributed by atoms with van der Waals surface area (Å²) in [7, 11) is 1.40. The van der Waals surface area contributed by atoms with Gasteiger partial charge in [-0.2, -0.15) is 13.2 Å². The van der Waals surface area contributed by atoms with Crippen LogP contribution in [0.15, 0.2) is 18.2 Å². The van der Waals surface area contributed by atoms with Crippen molar-refractivity contribution in [2.24, 2.45) is 11.3 Å². The SMILES string of the molecule is CCCN(C(=O)[C@H](C)NC(=O)[C@@H]1C[C@@H](F)CN1C(=O)C1(C(F)(F)F)CCCC1)[C@H]1CCCCNC(=O)C(C)(C)NC(=O)[C@H](Cc2cc(Cl)ccc2Cl)N(C)C(=O)[C@H](CC(C)C)NC1=O. The fourth-order valence-corrected chi connectivity index (χ4v) is 9.24. The van der Waals surface area contributed by atoms with Crippen molar-refractivity contribution in [1.29, 1.82) is 0 Å². The molecule has 6 atom stereocenters. The number of likely N-dealkylation sites (N-methyl/N-ethyl adjacent to an activating group) is 1. The number of likely N-dealkylation sites (tertiary alicyclic amines) is 1. The smallest absolute Gasteiger partial charge is 0.354 e.